The van der Waals surface area contributed by atoms with Crippen LogP contribution < -0.4 is 0 Å². The summed E-state index contributed by atoms with van der Waals surface area (Å²) in [5.41, 5.74) is 0. The van der Waals surface area contributed by atoms with Crippen LogP contribution in [0.5, 0.6) is 0 Å². The zero-order chi connectivity index (χ0) is 10.2. The van der Waals surface area contributed by atoms with Gasteiger partial charge >= 0.3 is 5.97 Å². The summed E-state index contributed by atoms with van der Waals surface area (Å²) in [6.07, 6.45) is 0. The van der Waals surface area contributed by atoms with E-state index < -0.39 is 5.97 Å². The van der Waals surface area contributed by atoms with E-state index >= 15 is 0 Å². The van der Waals surface area contributed by atoms with Gasteiger partial charge in [0, 0.05) is 13.2 Å². The minimum Gasteiger partial charge on any atom is -0.394 e. The lowest BCUT2D eigenvalue weighted by Crippen LogP contribution is -2.41. The molecule has 0 aromatic heterocycles. The van der Waals surface area contributed by atoms with Crippen LogP contribution in [-0.2, 0) is 14.2 Å². The van der Waals surface area contributed by atoms with Crippen LogP contribution in [0.2, 0.25) is 0 Å². The molecule has 0 amide bonds. The van der Waals surface area contributed by atoms with Crippen LogP contribution in [0, 0.1) is 0 Å². The van der Waals surface area contributed by atoms with Crippen LogP contribution in [0.3, 0.4) is 0 Å². The van der Waals surface area contributed by atoms with Gasteiger partial charge in [-0.2, -0.15) is 0 Å². The van der Waals surface area contributed by atoms with E-state index in [0.717, 1.165) is 0 Å². The Labute approximate surface area is 78.2 Å². The molecule has 0 rings (SSSR count). The van der Waals surface area contributed by atoms with Crippen LogP contribution in [0.1, 0.15) is 13.8 Å². The van der Waals surface area contributed by atoms with E-state index in [1.807, 2.05) is 0 Å². The van der Waals surface area contributed by atoms with Gasteiger partial charge < -0.3 is 24.4 Å². The Morgan fingerprint density at radius 1 is 1.15 bits per heavy atom. The van der Waals surface area contributed by atoms with Crippen molar-refractivity contribution in [3.63, 3.8) is 0 Å². The average Bonchev–Trinajstić information content (AvgIpc) is 2.05. The van der Waals surface area contributed by atoms with Crippen molar-refractivity contribution in [2.75, 3.05) is 33.0 Å². The summed E-state index contributed by atoms with van der Waals surface area (Å²) in [6, 6.07) is 0. The van der Waals surface area contributed by atoms with Gasteiger partial charge in [0.2, 0.25) is 0 Å². The first-order valence-corrected chi connectivity index (χ1v) is 4.37. The molecule has 5 heteroatoms. The molecule has 0 fully saturated rings. The minimum absolute atomic E-state index is 0.0890. The Balaban J connectivity index is 3.76. The zero-order valence-electron chi connectivity index (χ0n) is 8.15. The quantitative estimate of drug-likeness (QED) is 0.410. The minimum atomic E-state index is -1.68. The summed E-state index contributed by atoms with van der Waals surface area (Å²) in [6.45, 7) is 4.12. The third-order valence-electron chi connectivity index (χ3n) is 1.26. The standard InChI is InChI=1S/C8H18O5/c1-3-12-8(10,13-4-2)7-11-6-5-9/h9-10H,3-7H2,1-2H3. The van der Waals surface area contributed by atoms with Crippen molar-refractivity contribution < 1.29 is 24.4 Å². The highest BCUT2D eigenvalue weighted by Crippen LogP contribution is 2.09. The molecular formula is C8H18O5. The van der Waals surface area contributed by atoms with Crippen molar-refractivity contribution in [3.8, 4) is 0 Å². The molecule has 0 atom stereocenters. The van der Waals surface area contributed by atoms with Crippen LogP contribution in [-0.4, -0.2) is 49.2 Å². The third-order valence-corrected chi connectivity index (χ3v) is 1.26. The highest BCUT2D eigenvalue weighted by Gasteiger charge is 2.28. The van der Waals surface area contributed by atoms with E-state index in [2.05, 4.69) is 0 Å². The van der Waals surface area contributed by atoms with Crippen LogP contribution in [0.4, 0.5) is 0 Å². The predicted octanol–water partition coefficient (Wildman–Crippen LogP) is -0.286. The molecule has 0 aliphatic rings. The first-order chi connectivity index (χ1) is 6.18. The molecule has 0 saturated carbocycles. The average molecular weight is 194 g/mol. The summed E-state index contributed by atoms with van der Waals surface area (Å²) < 4.78 is 14.8. The van der Waals surface area contributed by atoms with Gasteiger partial charge in [-0.1, -0.05) is 0 Å². The summed E-state index contributed by atoms with van der Waals surface area (Å²) in [5.74, 6) is -1.68. The SMILES string of the molecule is CCOC(O)(COCCO)OCC. The smallest absolute Gasteiger partial charge is 0.305 e. The third kappa shape index (κ3) is 5.95. The number of hydrogen-bond donors (Lipinski definition) is 2. The Hall–Kier alpha value is -0.200. The maximum atomic E-state index is 9.59. The van der Waals surface area contributed by atoms with Gasteiger partial charge in [0.05, 0.1) is 13.2 Å². The molecule has 5 nitrogen and oxygen atoms in total. The highest BCUT2D eigenvalue weighted by molar-refractivity contribution is 4.51. The van der Waals surface area contributed by atoms with Crippen LogP contribution in [0.25, 0.3) is 0 Å². The fourth-order valence-corrected chi connectivity index (χ4v) is 0.842. The Bertz CT molecular complexity index is 111. The Morgan fingerprint density at radius 2 is 1.69 bits per heavy atom. The first-order valence-electron chi connectivity index (χ1n) is 4.37. The van der Waals surface area contributed by atoms with Crippen molar-refractivity contribution >= 4 is 0 Å². The molecule has 0 aliphatic carbocycles. The Kier molecular flexibility index (Phi) is 7.12. The number of rotatable bonds is 8. The second-order valence-electron chi connectivity index (χ2n) is 2.35. The molecule has 0 saturated heterocycles. The number of aliphatic hydroxyl groups excluding tert-OH is 1. The molecule has 0 aromatic rings. The number of hydrogen-bond acceptors (Lipinski definition) is 5. The molecule has 0 spiro atoms. The molecule has 0 bridgehead atoms. The van der Waals surface area contributed by atoms with Gasteiger partial charge in [-0.15, -0.1) is 0 Å². The Morgan fingerprint density at radius 3 is 2.08 bits per heavy atom. The molecule has 0 unspecified atom stereocenters. The lowest BCUT2D eigenvalue weighted by atomic mass is 10.5. The van der Waals surface area contributed by atoms with Crippen molar-refractivity contribution in [2.45, 2.75) is 19.8 Å². The molecule has 13 heavy (non-hydrogen) atoms. The fraction of sp³-hybridized carbons (Fsp3) is 1.00. The summed E-state index contributed by atoms with van der Waals surface area (Å²) >= 11 is 0. The van der Waals surface area contributed by atoms with Crippen molar-refractivity contribution in [2.24, 2.45) is 0 Å². The second kappa shape index (κ2) is 7.23. The van der Waals surface area contributed by atoms with Crippen molar-refractivity contribution in [3.05, 3.63) is 0 Å². The molecule has 0 heterocycles. The molecule has 0 radical (unpaired) electrons. The van der Waals surface area contributed by atoms with E-state index in [9.17, 15) is 5.11 Å². The molecule has 0 aromatic carbocycles. The first kappa shape index (κ1) is 12.8. The maximum Gasteiger partial charge on any atom is 0.305 e. The number of ether oxygens (including phenoxy) is 3. The lowest BCUT2D eigenvalue weighted by Gasteiger charge is -2.26. The van der Waals surface area contributed by atoms with Gasteiger partial charge in [0.25, 0.3) is 0 Å². The molecule has 2 N–H and O–H groups in total. The van der Waals surface area contributed by atoms with Gasteiger partial charge in [0.1, 0.15) is 6.61 Å². The molecular weight excluding hydrogens is 176 g/mol. The summed E-state index contributed by atoms with van der Waals surface area (Å²) in [7, 11) is 0. The van der Waals surface area contributed by atoms with Gasteiger partial charge in [-0.25, -0.2) is 0 Å². The largest absolute Gasteiger partial charge is 0.394 e. The summed E-state index contributed by atoms with van der Waals surface area (Å²) in [5, 5.41) is 18.0. The van der Waals surface area contributed by atoms with Crippen molar-refractivity contribution in [1.82, 2.24) is 0 Å². The zero-order valence-corrected chi connectivity index (χ0v) is 8.15. The highest BCUT2D eigenvalue weighted by atomic mass is 16.8. The monoisotopic (exact) mass is 194 g/mol. The van der Waals surface area contributed by atoms with E-state index in [4.69, 9.17) is 19.3 Å². The normalized spacial score (nSPS) is 12.0. The van der Waals surface area contributed by atoms with Crippen LogP contribution in [0.15, 0.2) is 0 Å². The van der Waals surface area contributed by atoms with Crippen molar-refractivity contribution in [1.29, 1.82) is 0 Å². The van der Waals surface area contributed by atoms with Crippen LogP contribution >= 0.6 is 0 Å². The lowest BCUT2D eigenvalue weighted by molar-refractivity contribution is -0.373. The van der Waals surface area contributed by atoms with Gasteiger partial charge in [0.15, 0.2) is 0 Å². The van der Waals surface area contributed by atoms with Gasteiger partial charge in [-0.05, 0) is 13.8 Å². The van der Waals surface area contributed by atoms with E-state index in [1.165, 1.54) is 0 Å². The van der Waals surface area contributed by atoms with E-state index in [1.54, 1.807) is 13.8 Å². The maximum absolute atomic E-state index is 9.59. The van der Waals surface area contributed by atoms with E-state index in [-0.39, 0.29) is 19.8 Å². The topological polar surface area (TPSA) is 68.2 Å². The summed E-state index contributed by atoms with van der Waals surface area (Å²) in [4.78, 5) is 0. The van der Waals surface area contributed by atoms with Gasteiger partial charge in [-0.3, -0.25) is 0 Å². The fourth-order valence-electron chi connectivity index (χ4n) is 0.842. The predicted molar refractivity (Wildman–Crippen MR) is 46.1 cm³/mol. The number of aliphatic hydroxyl groups is 2. The second-order valence-corrected chi connectivity index (χ2v) is 2.35. The molecule has 0 aliphatic heterocycles. The van der Waals surface area contributed by atoms with E-state index in [0.29, 0.717) is 13.2 Å². The molecule has 80 valence electrons.